The zero-order valence-electron chi connectivity index (χ0n) is 12.3. The van der Waals surface area contributed by atoms with Crippen molar-refractivity contribution in [3.63, 3.8) is 0 Å². The van der Waals surface area contributed by atoms with Crippen LogP contribution in [-0.2, 0) is 11.3 Å². The molecular formula is C16H20N2O3. The van der Waals surface area contributed by atoms with Crippen LogP contribution >= 0.6 is 0 Å². The highest BCUT2D eigenvalue weighted by Gasteiger charge is 2.13. The molecule has 0 saturated heterocycles. The van der Waals surface area contributed by atoms with Crippen LogP contribution in [0.3, 0.4) is 0 Å². The summed E-state index contributed by atoms with van der Waals surface area (Å²) in [4.78, 5) is 11.9. The third-order valence-corrected chi connectivity index (χ3v) is 3.13. The molecule has 1 N–H and O–H groups in total. The average molecular weight is 288 g/mol. The first-order valence-electron chi connectivity index (χ1n) is 7.03. The molecule has 1 heterocycles. The number of carbonyl (C=O) groups excluding carboxylic acids is 1. The fourth-order valence-electron chi connectivity index (χ4n) is 1.85. The molecule has 0 aliphatic carbocycles. The van der Waals surface area contributed by atoms with Crippen LogP contribution in [0.2, 0.25) is 0 Å². The Kier molecular flexibility index (Phi) is 5.37. The van der Waals surface area contributed by atoms with Gasteiger partial charge in [0.1, 0.15) is 17.2 Å². The van der Waals surface area contributed by atoms with Gasteiger partial charge in [0.05, 0.1) is 13.2 Å². The Balaban J connectivity index is 1.67. The minimum Gasteiger partial charge on any atom is -0.494 e. The van der Waals surface area contributed by atoms with E-state index in [4.69, 9.17) is 9.26 Å². The Bertz CT molecular complexity index is 566. The minimum absolute atomic E-state index is 0.00712. The van der Waals surface area contributed by atoms with Gasteiger partial charge in [-0.15, -0.1) is 0 Å². The Morgan fingerprint density at radius 2 is 2.14 bits per heavy atom. The zero-order chi connectivity index (χ0) is 15.1. The van der Waals surface area contributed by atoms with E-state index in [1.807, 2.05) is 50.2 Å². The summed E-state index contributed by atoms with van der Waals surface area (Å²) in [5.74, 6) is 1.45. The molecule has 5 nitrogen and oxygen atoms in total. The normalized spacial score (nSPS) is 11.9. The van der Waals surface area contributed by atoms with Crippen LogP contribution in [0.4, 0.5) is 0 Å². The molecule has 1 atom stereocenters. The summed E-state index contributed by atoms with van der Waals surface area (Å²) in [5.41, 5.74) is 0.730. The van der Waals surface area contributed by atoms with Gasteiger partial charge < -0.3 is 14.6 Å². The molecular weight excluding hydrogens is 268 g/mol. The van der Waals surface area contributed by atoms with E-state index in [0.717, 1.165) is 17.2 Å². The van der Waals surface area contributed by atoms with Crippen LogP contribution in [0.1, 0.15) is 24.8 Å². The van der Waals surface area contributed by atoms with E-state index in [1.54, 1.807) is 0 Å². The van der Waals surface area contributed by atoms with Crippen LogP contribution in [0.25, 0.3) is 0 Å². The number of hydrogen-bond donors (Lipinski definition) is 1. The van der Waals surface area contributed by atoms with Gasteiger partial charge in [0, 0.05) is 12.0 Å². The number of aryl methyl sites for hydroxylation is 1. The third kappa shape index (κ3) is 4.95. The van der Waals surface area contributed by atoms with E-state index in [0.29, 0.717) is 19.6 Å². The van der Waals surface area contributed by atoms with E-state index in [1.165, 1.54) is 0 Å². The molecule has 112 valence electrons. The summed E-state index contributed by atoms with van der Waals surface area (Å²) in [7, 11) is 0. The van der Waals surface area contributed by atoms with Crippen molar-refractivity contribution in [1.82, 2.24) is 10.5 Å². The molecule has 5 heteroatoms. The van der Waals surface area contributed by atoms with Gasteiger partial charge in [0.2, 0.25) is 5.91 Å². The molecule has 1 amide bonds. The van der Waals surface area contributed by atoms with Crippen LogP contribution < -0.4 is 10.1 Å². The molecule has 0 fully saturated rings. The lowest BCUT2D eigenvalue weighted by Gasteiger charge is -2.12. The summed E-state index contributed by atoms with van der Waals surface area (Å²) in [6.45, 7) is 4.61. The maximum Gasteiger partial charge on any atom is 0.223 e. The number of nitrogens with one attached hydrogen (secondary N) is 1. The number of amides is 1. The monoisotopic (exact) mass is 288 g/mol. The molecule has 0 spiro atoms. The fourth-order valence-corrected chi connectivity index (χ4v) is 1.85. The maximum atomic E-state index is 11.9. The van der Waals surface area contributed by atoms with Gasteiger partial charge in [-0.3, -0.25) is 4.79 Å². The number of aromatic nitrogens is 1. The van der Waals surface area contributed by atoms with Crippen molar-refractivity contribution in [3.8, 4) is 5.75 Å². The minimum atomic E-state index is -0.110. The topological polar surface area (TPSA) is 64.4 Å². The Hall–Kier alpha value is -2.30. The summed E-state index contributed by atoms with van der Waals surface area (Å²) in [6.07, 6.45) is 0.665. The molecule has 0 saturated carbocycles. The second-order valence-corrected chi connectivity index (χ2v) is 5.00. The molecule has 0 aliphatic rings. The van der Waals surface area contributed by atoms with Crippen molar-refractivity contribution in [3.05, 3.63) is 47.9 Å². The number of carbonyl (C=O) groups is 1. The number of rotatable bonds is 7. The van der Waals surface area contributed by atoms with Crippen molar-refractivity contribution >= 4 is 5.91 Å². The van der Waals surface area contributed by atoms with Crippen LogP contribution in [0.15, 0.2) is 40.9 Å². The molecule has 1 aromatic heterocycles. The molecule has 0 bridgehead atoms. The summed E-state index contributed by atoms with van der Waals surface area (Å²) in [6, 6.07) is 11.4. The zero-order valence-corrected chi connectivity index (χ0v) is 12.3. The standard InChI is InChI=1S/C16H20N2O3/c1-12(8-9-20-15-6-4-3-5-7-15)16(19)17-11-14-10-13(2)21-18-14/h3-7,10,12H,8-9,11H2,1-2H3,(H,17,19). The first kappa shape index (κ1) is 15.1. The van der Waals surface area contributed by atoms with Crippen LogP contribution in [0, 0.1) is 12.8 Å². The predicted molar refractivity (Wildman–Crippen MR) is 78.8 cm³/mol. The van der Waals surface area contributed by atoms with E-state index < -0.39 is 0 Å². The largest absolute Gasteiger partial charge is 0.494 e. The molecule has 1 unspecified atom stereocenters. The van der Waals surface area contributed by atoms with Gasteiger partial charge >= 0.3 is 0 Å². The van der Waals surface area contributed by atoms with E-state index in [9.17, 15) is 4.79 Å². The summed E-state index contributed by atoms with van der Waals surface area (Å²) < 4.78 is 10.5. The van der Waals surface area contributed by atoms with Gasteiger partial charge in [0.25, 0.3) is 0 Å². The van der Waals surface area contributed by atoms with Gasteiger partial charge in [-0.25, -0.2) is 0 Å². The summed E-state index contributed by atoms with van der Waals surface area (Å²) >= 11 is 0. The quantitative estimate of drug-likeness (QED) is 0.850. The Morgan fingerprint density at radius 1 is 1.38 bits per heavy atom. The molecule has 1 aromatic carbocycles. The van der Waals surface area contributed by atoms with Crippen molar-refractivity contribution in [2.45, 2.75) is 26.8 Å². The lowest BCUT2D eigenvalue weighted by atomic mass is 10.1. The predicted octanol–water partition coefficient (Wildman–Crippen LogP) is 2.70. The Morgan fingerprint density at radius 3 is 2.81 bits per heavy atom. The summed E-state index contributed by atoms with van der Waals surface area (Å²) in [5, 5.41) is 6.68. The highest BCUT2D eigenvalue weighted by Crippen LogP contribution is 2.10. The fraction of sp³-hybridized carbons (Fsp3) is 0.375. The molecule has 0 radical (unpaired) electrons. The lowest BCUT2D eigenvalue weighted by Crippen LogP contribution is -2.29. The first-order valence-corrected chi connectivity index (χ1v) is 7.03. The van der Waals surface area contributed by atoms with E-state index in [2.05, 4.69) is 10.5 Å². The van der Waals surface area contributed by atoms with Crippen LogP contribution in [0.5, 0.6) is 5.75 Å². The average Bonchev–Trinajstić information content (AvgIpc) is 2.91. The smallest absolute Gasteiger partial charge is 0.223 e. The van der Waals surface area contributed by atoms with Crippen molar-refractivity contribution in [2.75, 3.05) is 6.61 Å². The van der Waals surface area contributed by atoms with Gasteiger partial charge in [-0.05, 0) is 25.5 Å². The molecule has 0 aliphatic heterocycles. The van der Waals surface area contributed by atoms with Gasteiger partial charge in [-0.1, -0.05) is 30.3 Å². The van der Waals surface area contributed by atoms with Gasteiger partial charge in [0.15, 0.2) is 0 Å². The van der Waals surface area contributed by atoms with E-state index >= 15 is 0 Å². The second kappa shape index (κ2) is 7.47. The van der Waals surface area contributed by atoms with Gasteiger partial charge in [-0.2, -0.15) is 0 Å². The van der Waals surface area contributed by atoms with Crippen LogP contribution in [-0.4, -0.2) is 17.7 Å². The maximum absolute atomic E-state index is 11.9. The molecule has 2 rings (SSSR count). The second-order valence-electron chi connectivity index (χ2n) is 5.00. The molecule has 2 aromatic rings. The third-order valence-electron chi connectivity index (χ3n) is 3.13. The molecule has 21 heavy (non-hydrogen) atoms. The Labute approximate surface area is 124 Å². The number of nitrogens with zero attached hydrogens (tertiary/aromatic N) is 1. The van der Waals surface area contributed by atoms with E-state index in [-0.39, 0.29) is 11.8 Å². The number of hydrogen-bond acceptors (Lipinski definition) is 4. The van der Waals surface area contributed by atoms with Crippen molar-refractivity contribution in [1.29, 1.82) is 0 Å². The first-order chi connectivity index (χ1) is 10.1. The highest BCUT2D eigenvalue weighted by atomic mass is 16.5. The number of ether oxygens (including phenoxy) is 1. The lowest BCUT2D eigenvalue weighted by molar-refractivity contribution is -0.125. The van der Waals surface area contributed by atoms with Crippen molar-refractivity contribution < 1.29 is 14.1 Å². The van der Waals surface area contributed by atoms with Crippen molar-refractivity contribution in [2.24, 2.45) is 5.92 Å². The number of para-hydroxylation sites is 1. The highest BCUT2D eigenvalue weighted by molar-refractivity contribution is 5.78. The number of benzene rings is 1. The SMILES string of the molecule is Cc1cc(CNC(=O)C(C)CCOc2ccccc2)no1.